The molecule has 3 amide bonds. The van der Waals surface area contributed by atoms with E-state index in [2.05, 4.69) is 0 Å². The van der Waals surface area contributed by atoms with E-state index >= 15 is 0 Å². The lowest BCUT2D eigenvalue weighted by Gasteiger charge is -2.26. The molecule has 0 radical (unpaired) electrons. The topological polar surface area (TPSA) is 76.2 Å². The molecule has 0 aromatic heterocycles. The van der Waals surface area contributed by atoms with Crippen molar-refractivity contribution in [3.8, 4) is 11.5 Å². The van der Waals surface area contributed by atoms with Gasteiger partial charge in [-0.15, -0.1) is 0 Å². The van der Waals surface area contributed by atoms with Crippen LogP contribution in [-0.4, -0.2) is 49.4 Å². The Morgan fingerprint density at radius 1 is 1.03 bits per heavy atom. The minimum Gasteiger partial charge on any atom is -0.493 e. The monoisotopic (exact) mass is 438 g/mol. The lowest BCUT2D eigenvalue weighted by Crippen LogP contribution is -2.45. The average Bonchev–Trinajstić information content (AvgIpc) is 3.09. The number of rotatable bonds is 9. The van der Waals surface area contributed by atoms with Gasteiger partial charge >= 0.3 is 0 Å². The predicted molar refractivity (Wildman–Crippen MR) is 122 cm³/mol. The smallest absolute Gasteiger partial charge is 0.257 e. The fraction of sp³-hybridized carbons (Fsp3) is 0.400. The molecule has 32 heavy (non-hydrogen) atoms. The van der Waals surface area contributed by atoms with Crippen LogP contribution in [0.5, 0.6) is 11.5 Å². The molecule has 0 aliphatic carbocycles. The molecule has 7 heteroatoms. The van der Waals surface area contributed by atoms with Gasteiger partial charge in [-0.1, -0.05) is 25.1 Å². The molecule has 0 N–H and O–H groups in total. The fourth-order valence-electron chi connectivity index (χ4n) is 4.03. The Balaban J connectivity index is 1.68. The molecule has 1 atom stereocenters. The highest BCUT2D eigenvalue weighted by atomic mass is 16.5. The zero-order valence-corrected chi connectivity index (χ0v) is 19.1. The highest BCUT2D eigenvalue weighted by Crippen LogP contribution is 2.29. The SMILES string of the molecule is CCc1ccc(N2C(=O)C[C@H](N(CCCc3ccc(OC)c(OC)c3)C(C)=O)C2=O)cc1. The molecule has 0 unspecified atom stereocenters. The molecule has 1 aliphatic rings. The molecule has 170 valence electrons. The first-order valence-corrected chi connectivity index (χ1v) is 10.8. The van der Waals surface area contributed by atoms with Gasteiger partial charge in [-0.2, -0.15) is 0 Å². The molecule has 2 aromatic rings. The number of anilines is 1. The third-order valence-corrected chi connectivity index (χ3v) is 5.82. The van der Waals surface area contributed by atoms with Crippen LogP contribution in [0.25, 0.3) is 0 Å². The largest absolute Gasteiger partial charge is 0.493 e. The van der Waals surface area contributed by atoms with Gasteiger partial charge in [0.25, 0.3) is 5.91 Å². The van der Waals surface area contributed by atoms with Crippen molar-refractivity contribution in [2.75, 3.05) is 25.7 Å². The summed E-state index contributed by atoms with van der Waals surface area (Å²) >= 11 is 0. The molecule has 0 bridgehead atoms. The number of aryl methyl sites for hydroxylation is 2. The van der Waals surface area contributed by atoms with Crippen LogP contribution in [0.4, 0.5) is 5.69 Å². The molecule has 1 heterocycles. The van der Waals surface area contributed by atoms with E-state index in [1.807, 2.05) is 37.3 Å². The van der Waals surface area contributed by atoms with Crippen LogP contribution >= 0.6 is 0 Å². The molecule has 0 spiro atoms. The number of imide groups is 1. The predicted octanol–water partition coefficient (Wildman–Crippen LogP) is 3.38. The Kier molecular flexibility index (Phi) is 7.51. The zero-order chi connectivity index (χ0) is 23.3. The van der Waals surface area contributed by atoms with E-state index in [-0.39, 0.29) is 24.1 Å². The summed E-state index contributed by atoms with van der Waals surface area (Å²) in [6, 6.07) is 12.3. The first kappa shape index (κ1) is 23.3. The summed E-state index contributed by atoms with van der Waals surface area (Å²) in [6.07, 6.45) is 2.23. The van der Waals surface area contributed by atoms with Gasteiger partial charge in [0, 0.05) is 13.5 Å². The van der Waals surface area contributed by atoms with Crippen LogP contribution in [-0.2, 0) is 27.2 Å². The molecule has 1 fully saturated rings. The van der Waals surface area contributed by atoms with Crippen LogP contribution in [0.3, 0.4) is 0 Å². The number of amides is 3. The Labute approximate surface area is 188 Å². The number of ether oxygens (including phenoxy) is 2. The fourth-order valence-corrected chi connectivity index (χ4v) is 4.03. The van der Waals surface area contributed by atoms with E-state index in [0.29, 0.717) is 36.6 Å². The first-order valence-electron chi connectivity index (χ1n) is 10.8. The van der Waals surface area contributed by atoms with Gasteiger partial charge in [0.1, 0.15) is 6.04 Å². The third-order valence-electron chi connectivity index (χ3n) is 5.82. The molecule has 2 aromatic carbocycles. The minimum atomic E-state index is -0.767. The summed E-state index contributed by atoms with van der Waals surface area (Å²) in [6.45, 7) is 3.87. The maximum Gasteiger partial charge on any atom is 0.257 e. The quantitative estimate of drug-likeness (QED) is 0.561. The van der Waals surface area contributed by atoms with Crippen LogP contribution in [0.2, 0.25) is 0 Å². The van der Waals surface area contributed by atoms with E-state index < -0.39 is 6.04 Å². The van der Waals surface area contributed by atoms with Crippen molar-refractivity contribution >= 4 is 23.4 Å². The highest BCUT2D eigenvalue weighted by Gasteiger charge is 2.43. The van der Waals surface area contributed by atoms with Crippen molar-refractivity contribution in [1.82, 2.24) is 4.90 Å². The van der Waals surface area contributed by atoms with E-state index in [0.717, 1.165) is 17.5 Å². The number of methoxy groups -OCH3 is 2. The Bertz CT molecular complexity index is 986. The van der Waals surface area contributed by atoms with Crippen molar-refractivity contribution in [3.63, 3.8) is 0 Å². The van der Waals surface area contributed by atoms with Gasteiger partial charge < -0.3 is 14.4 Å². The second-order valence-electron chi connectivity index (χ2n) is 7.81. The third kappa shape index (κ3) is 4.93. The maximum atomic E-state index is 13.1. The number of hydrogen-bond donors (Lipinski definition) is 0. The average molecular weight is 439 g/mol. The second kappa shape index (κ2) is 10.3. The summed E-state index contributed by atoms with van der Waals surface area (Å²) in [5.74, 6) is 0.459. The lowest BCUT2D eigenvalue weighted by atomic mass is 10.1. The molecule has 7 nitrogen and oxygen atoms in total. The number of nitrogens with zero attached hydrogens (tertiary/aromatic N) is 2. The van der Waals surface area contributed by atoms with E-state index in [1.54, 1.807) is 26.4 Å². The van der Waals surface area contributed by atoms with Crippen molar-refractivity contribution in [2.45, 2.75) is 45.6 Å². The van der Waals surface area contributed by atoms with Crippen molar-refractivity contribution in [3.05, 3.63) is 53.6 Å². The second-order valence-corrected chi connectivity index (χ2v) is 7.81. The molecular formula is C25H30N2O5. The van der Waals surface area contributed by atoms with Crippen LogP contribution in [0, 0.1) is 0 Å². The number of hydrogen-bond acceptors (Lipinski definition) is 5. The van der Waals surface area contributed by atoms with Crippen molar-refractivity contribution in [1.29, 1.82) is 0 Å². The molecule has 0 saturated carbocycles. The van der Waals surface area contributed by atoms with E-state index in [4.69, 9.17) is 9.47 Å². The number of carbonyl (C=O) groups excluding carboxylic acids is 3. The zero-order valence-electron chi connectivity index (χ0n) is 19.1. The van der Waals surface area contributed by atoms with Crippen LogP contribution < -0.4 is 14.4 Å². The van der Waals surface area contributed by atoms with E-state index in [9.17, 15) is 14.4 Å². The molecule has 1 aliphatic heterocycles. The Morgan fingerprint density at radius 3 is 2.28 bits per heavy atom. The van der Waals surface area contributed by atoms with Gasteiger partial charge in [-0.05, 0) is 54.7 Å². The Morgan fingerprint density at radius 2 is 1.69 bits per heavy atom. The summed E-state index contributed by atoms with van der Waals surface area (Å²) < 4.78 is 10.6. The minimum absolute atomic E-state index is 0.00427. The summed E-state index contributed by atoms with van der Waals surface area (Å²) in [5, 5.41) is 0. The summed E-state index contributed by atoms with van der Waals surface area (Å²) in [5.41, 5.74) is 2.72. The van der Waals surface area contributed by atoms with Crippen molar-refractivity contribution < 1.29 is 23.9 Å². The van der Waals surface area contributed by atoms with E-state index in [1.165, 1.54) is 16.7 Å². The normalized spacial score (nSPS) is 15.8. The van der Waals surface area contributed by atoms with Crippen LogP contribution in [0.1, 0.15) is 37.8 Å². The lowest BCUT2D eigenvalue weighted by molar-refractivity contribution is -0.136. The molecular weight excluding hydrogens is 408 g/mol. The molecule has 1 saturated heterocycles. The first-order chi connectivity index (χ1) is 15.4. The Hall–Kier alpha value is -3.35. The maximum absolute atomic E-state index is 13.1. The highest BCUT2D eigenvalue weighted by molar-refractivity contribution is 6.23. The summed E-state index contributed by atoms with van der Waals surface area (Å²) in [7, 11) is 3.17. The van der Waals surface area contributed by atoms with Gasteiger partial charge in [-0.25, -0.2) is 4.90 Å². The van der Waals surface area contributed by atoms with Crippen molar-refractivity contribution in [2.24, 2.45) is 0 Å². The van der Waals surface area contributed by atoms with Gasteiger partial charge in [0.2, 0.25) is 11.8 Å². The van der Waals surface area contributed by atoms with Gasteiger partial charge in [0.05, 0.1) is 26.3 Å². The standard InChI is InChI=1S/C25H30N2O5/c1-5-18-8-11-20(12-9-18)27-24(29)16-21(25(27)30)26(17(2)28)14-6-7-19-10-13-22(31-3)23(15-19)32-4/h8-13,15,21H,5-7,14,16H2,1-4H3/t21-/m0/s1. The number of carbonyl (C=O) groups is 3. The molecule has 3 rings (SSSR count). The number of benzene rings is 2. The van der Waals surface area contributed by atoms with Gasteiger partial charge in [0.15, 0.2) is 11.5 Å². The van der Waals surface area contributed by atoms with Crippen LogP contribution in [0.15, 0.2) is 42.5 Å². The van der Waals surface area contributed by atoms with Gasteiger partial charge in [-0.3, -0.25) is 14.4 Å². The summed E-state index contributed by atoms with van der Waals surface area (Å²) in [4.78, 5) is 40.8.